The topological polar surface area (TPSA) is 101 Å². The van der Waals surface area contributed by atoms with Crippen LogP contribution in [0.15, 0.2) is 47.4 Å². The molecule has 158 valence electrons. The number of carbonyl (C=O) groups is 1. The lowest BCUT2D eigenvalue weighted by Gasteiger charge is -2.06. The smallest absolute Gasteiger partial charge is 0.240 e. The zero-order valence-corrected chi connectivity index (χ0v) is 18.2. The van der Waals surface area contributed by atoms with E-state index < -0.39 is 21.7 Å². The van der Waals surface area contributed by atoms with Crippen LogP contribution >= 0.6 is 22.9 Å². The highest BCUT2D eigenvalue weighted by atomic mass is 35.5. The number of hydrogen-bond donors (Lipinski definition) is 2. The van der Waals surface area contributed by atoms with Gasteiger partial charge in [0.2, 0.25) is 21.1 Å². The van der Waals surface area contributed by atoms with E-state index in [2.05, 4.69) is 20.2 Å². The lowest BCUT2D eigenvalue weighted by atomic mass is 10.1. The maximum Gasteiger partial charge on any atom is 0.240 e. The first-order chi connectivity index (χ1) is 14.2. The van der Waals surface area contributed by atoms with Crippen LogP contribution in [0.3, 0.4) is 0 Å². The number of halogens is 2. The molecule has 7 nitrogen and oxygen atoms in total. The fourth-order valence-electron chi connectivity index (χ4n) is 2.52. The average molecular weight is 469 g/mol. The molecule has 11 heteroatoms. The molecule has 2 N–H and O–H groups in total. The van der Waals surface area contributed by atoms with Crippen LogP contribution in [0.2, 0.25) is 5.02 Å². The summed E-state index contributed by atoms with van der Waals surface area (Å²) in [5, 5.41) is 11.3. The second-order valence-corrected chi connectivity index (χ2v) is 9.62. The predicted molar refractivity (Wildman–Crippen MR) is 114 cm³/mol. The summed E-state index contributed by atoms with van der Waals surface area (Å²) in [7, 11) is -3.61. The highest BCUT2D eigenvalue weighted by molar-refractivity contribution is 7.89. The molecule has 30 heavy (non-hydrogen) atoms. The van der Waals surface area contributed by atoms with E-state index in [1.165, 1.54) is 30.3 Å². The molecule has 1 heterocycles. The largest absolute Gasteiger partial charge is 0.300 e. The van der Waals surface area contributed by atoms with Gasteiger partial charge in [-0.25, -0.2) is 17.5 Å². The van der Waals surface area contributed by atoms with Gasteiger partial charge in [0.05, 0.1) is 11.3 Å². The zero-order valence-electron chi connectivity index (χ0n) is 15.9. The molecule has 3 aromatic rings. The molecule has 3 rings (SSSR count). The van der Waals surface area contributed by atoms with E-state index in [4.69, 9.17) is 11.6 Å². The average Bonchev–Trinajstić information content (AvgIpc) is 3.12. The second kappa shape index (κ2) is 9.61. The Morgan fingerprint density at radius 1 is 1.17 bits per heavy atom. The van der Waals surface area contributed by atoms with Gasteiger partial charge in [-0.1, -0.05) is 46.7 Å². The van der Waals surface area contributed by atoms with Crippen molar-refractivity contribution in [3.63, 3.8) is 0 Å². The molecular formula is C19H18ClFN4O3S2. The highest BCUT2D eigenvalue weighted by Gasteiger charge is 2.16. The van der Waals surface area contributed by atoms with Gasteiger partial charge >= 0.3 is 0 Å². The number of carbonyl (C=O) groups excluding carboxylic acids is 1. The van der Waals surface area contributed by atoms with E-state index in [1.54, 1.807) is 12.1 Å². The lowest BCUT2D eigenvalue weighted by molar-refractivity contribution is -0.115. The van der Waals surface area contributed by atoms with E-state index in [0.717, 1.165) is 16.9 Å². The number of hydrogen-bond acceptors (Lipinski definition) is 6. The van der Waals surface area contributed by atoms with E-state index in [1.807, 2.05) is 6.92 Å². The minimum Gasteiger partial charge on any atom is -0.300 e. The molecule has 0 atom stereocenters. The number of anilines is 1. The molecule has 1 aromatic heterocycles. The molecule has 0 aliphatic rings. The van der Waals surface area contributed by atoms with Crippen LogP contribution in [-0.4, -0.2) is 31.1 Å². The fourth-order valence-corrected chi connectivity index (χ4v) is 4.54. The van der Waals surface area contributed by atoms with Crippen LogP contribution in [0.5, 0.6) is 0 Å². The van der Waals surface area contributed by atoms with Gasteiger partial charge in [0.15, 0.2) is 0 Å². The fraction of sp³-hybridized carbons (Fsp3) is 0.211. The molecule has 0 saturated heterocycles. The van der Waals surface area contributed by atoms with Gasteiger partial charge in [-0.15, -0.1) is 10.2 Å². The molecule has 0 bridgehead atoms. The Morgan fingerprint density at radius 3 is 2.60 bits per heavy atom. The van der Waals surface area contributed by atoms with Crippen molar-refractivity contribution in [1.82, 2.24) is 14.9 Å². The molecule has 1 amide bonds. The first kappa shape index (κ1) is 22.3. The summed E-state index contributed by atoms with van der Waals surface area (Å²) < 4.78 is 40.8. The summed E-state index contributed by atoms with van der Waals surface area (Å²) in [6.45, 7) is 2.00. The van der Waals surface area contributed by atoms with Crippen molar-refractivity contribution >= 4 is 44.0 Å². The minimum absolute atomic E-state index is 0.104. The van der Waals surface area contributed by atoms with E-state index in [0.29, 0.717) is 11.4 Å². The van der Waals surface area contributed by atoms with Crippen LogP contribution in [-0.2, 0) is 27.7 Å². The third-order valence-electron chi connectivity index (χ3n) is 4.07. The molecule has 0 spiro atoms. The van der Waals surface area contributed by atoms with Crippen molar-refractivity contribution in [2.24, 2.45) is 0 Å². The summed E-state index contributed by atoms with van der Waals surface area (Å²) >= 11 is 7.04. The summed E-state index contributed by atoms with van der Waals surface area (Å²) in [5.74, 6) is -1.04. The van der Waals surface area contributed by atoms with Crippen LogP contribution in [0.25, 0.3) is 0 Å². The van der Waals surface area contributed by atoms with E-state index in [9.17, 15) is 17.6 Å². The number of nitrogens with zero attached hydrogens (tertiary/aromatic N) is 2. The normalized spacial score (nSPS) is 11.4. The van der Waals surface area contributed by atoms with Crippen molar-refractivity contribution in [2.45, 2.75) is 24.7 Å². The third kappa shape index (κ3) is 5.82. The molecule has 0 aliphatic carbocycles. The van der Waals surface area contributed by atoms with Crippen LogP contribution in [0.4, 0.5) is 9.52 Å². The molecule has 0 unspecified atom stereocenters. The van der Waals surface area contributed by atoms with Gasteiger partial charge in [-0.3, -0.25) is 4.79 Å². The first-order valence-electron chi connectivity index (χ1n) is 8.86. The zero-order chi connectivity index (χ0) is 21.7. The van der Waals surface area contributed by atoms with E-state index in [-0.39, 0.29) is 33.6 Å². The third-order valence-corrected chi connectivity index (χ3v) is 6.80. The number of nitrogens with one attached hydrogen (secondary N) is 2. The number of benzene rings is 2. The number of aromatic nitrogens is 2. The van der Waals surface area contributed by atoms with Crippen molar-refractivity contribution in [3.8, 4) is 0 Å². The predicted octanol–water partition coefficient (Wildman–Crippen LogP) is 3.34. The summed E-state index contributed by atoms with van der Waals surface area (Å²) in [6.07, 6.45) is 0.0640. The maximum absolute atomic E-state index is 13.8. The highest BCUT2D eigenvalue weighted by Crippen LogP contribution is 2.21. The maximum atomic E-state index is 13.8. The Bertz CT molecular complexity index is 1130. The number of amides is 1. The van der Waals surface area contributed by atoms with Gasteiger partial charge in [0, 0.05) is 23.6 Å². The van der Waals surface area contributed by atoms with Crippen LogP contribution in [0.1, 0.15) is 16.1 Å². The van der Waals surface area contributed by atoms with E-state index >= 15 is 0 Å². The molecule has 0 radical (unpaired) electrons. The summed E-state index contributed by atoms with van der Waals surface area (Å²) in [5.41, 5.74) is 1.07. The Hall–Kier alpha value is -2.40. The van der Waals surface area contributed by atoms with Gasteiger partial charge in [0.25, 0.3) is 0 Å². The van der Waals surface area contributed by atoms with Crippen molar-refractivity contribution < 1.29 is 17.6 Å². The molecule has 2 aromatic carbocycles. The number of rotatable bonds is 8. The molecule has 0 saturated carbocycles. The first-order valence-corrected chi connectivity index (χ1v) is 11.5. The van der Waals surface area contributed by atoms with Gasteiger partial charge in [0.1, 0.15) is 10.8 Å². The monoisotopic (exact) mass is 468 g/mol. The van der Waals surface area contributed by atoms with Gasteiger partial charge in [-0.2, -0.15) is 0 Å². The Labute approximate surface area is 182 Å². The lowest BCUT2D eigenvalue weighted by Crippen LogP contribution is -2.25. The summed E-state index contributed by atoms with van der Waals surface area (Å²) in [4.78, 5) is 12.3. The molecule has 0 fully saturated rings. The Morgan fingerprint density at radius 2 is 1.90 bits per heavy atom. The van der Waals surface area contributed by atoms with Crippen LogP contribution in [0, 0.1) is 12.7 Å². The van der Waals surface area contributed by atoms with Crippen LogP contribution < -0.4 is 10.0 Å². The minimum atomic E-state index is -3.61. The number of sulfonamides is 1. The molecule has 0 aliphatic heterocycles. The SMILES string of the molecule is Cc1ccc(S(=O)(=O)NCCc2nnc(NC(=O)Cc3c(F)cccc3Cl)s2)cc1. The van der Waals surface area contributed by atoms with Gasteiger partial charge < -0.3 is 5.32 Å². The quantitative estimate of drug-likeness (QED) is 0.528. The Balaban J connectivity index is 1.52. The van der Waals surface area contributed by atoms with Crippen molar-refractivity contribution in [2.75, 3.05) is 11.9 Å². The van der Waals surface area contributed by atoms with Gasteiger partial charge in [-0.05, 0) is 31.2 Å². The second-order valence-electron chi connectivity index (χ2n) is 6.39. The summed E-state index contributed by atoms with van der Waals surface area (Å²) in [6, 6.07) is 10.7. The molecular weight excluding hydrogens is 451 g/mol. The van der Waals surface area contributed by atoms with Crippen molar-refractivity contribution in [3.05, 3.63) is 69.4 Å². The Kier molecular flexibility index (Phi) is 7.14. The standard InChI is InChI=1S/C19H18ClFN4O3S2/c1-12-5-7-13(8-6-12)30(27,28)22-10-9-18-24-25-19(29-18)23-17(26)11-14-15(20)3-2-4-16(14)21/h2-8,22H,9-11H2,1H3,(H,23,25,26). The number of aryl methyl sites for hydroxylation is 1. The van der Waals surface area contributed by atoms with Crippen molar-refractivity contribution in [1.29, 1.82) is 0 Å².